The van der Waals surface area contributed by atoms with Crippen LogP contribution in [0.5, 0.6) is 0 Å². The molecule has 0 aliphatic rings. The number of nitrogens with zero attached hydrogens (tertiary/aromatic N) is 1. The van der Waals surface area contributed by atoms with Gasteiger partial charge in [0.1, 0.15) is 0 Å². The smallest absolute Gasteiger partial charge is 0.308 e. The lowest BCUT2D eigenvalue weighted by Crippen LogP contribution is -2.33. The molecule has 0 aliphatic heterocycles. The summed E-state index contributed by atoms with van der Waals surface area (Å²) in [6.07, 6.45) is 0. The number of nitrogens with two attached hydrogens (primary N) is 1. The predicted octanol–water partition coefficient (Wildman–Crippen LogP) is 1.64. The highest BCUT2D eigenvalue weighted by atomic mass is 16.4. The maximum Gasteiger partial charge on any atom is 0.308 e. The van der Waals surface area contributed by atoms with Crippen molar-refractivity contribution in [1.82, 2.24) is 0 Å². The maximum absolute atomic E-state index is 11.5. The number of carbonyl (C=O) groups excluding carboxylic acids is 1. The number of aliphatic carboxylic acids is 1. The van der Waals surface area contributed by atoms with Crippen LogP contribution in [0.4, 0.5) is 5.69 Å². The van der Waals surface area contributed by atoms with Gasteiger partial charge in [-0.25, -0.2) is 0 Å². The van der Waals surface area contributed by atoms with E-state index in [0.29, 0.717) is 24.3 Å². The van der Waals surface area contributed by atoms with Gasteiger partial charge in [0.05, 0.1) is 11.5 Å². The molecule has 3 N–H and O–H groups in total. The Morgan fingerprint density at radius 1 is 1.42 bits per heavy atom. The molecule has 104 valence electrons. The van der Waals surface area contributed by atoms with Crippen molar-refractivity contribution in [3.8, 4) is 0 Å². The van der Waals surface area contributed by atoms with Crippen LogP contribution in [0.2, 0.25) is 0 Å². The highest BCUT2D eigenvalue weighted by molar-refractivity contribution is 5.98. The second-order valence-electron chi connectivity index (χ2n) is 4.66. The molecule has 5 heteroatoms. The second kappa shape index (κ2) is 6.22. The quantitative estimate of drug-likeness (QED) is 0.818. The van der Waals surface area contributed by atoms with Gasteiger partial charge in [-0.3, -0.25) is 9.59 Å². The van der Waals surface area contributed by atoms with Crippen molar-refractivity contribution in [3.05, 3.63) is 29.3 Å². The molecule has 1 atom stereocenters. The lowest BCUT2D eigenvalue weighted by molar-refractivity contribution is -0.140. The SMILES string of the molecule is CCN(CC(C)C(=O)O)c1cc(C)ccc1C(N)=O. The molecule has 1 amide bonds. The van der Waals surface area contributed by atoms with Crippen molar-refractivity contribution in [2.24, 2.45) is 11.7 Å². The number of aryl methyl sites for hydroxylation is 1. The van der Waals surface area contributed by atoms with Gasteiger partial charge in [-0.05, 0) is 31.5 Å². The van der Waals surface area contributed by atoms with Gasteiger partial charge >= 0.3 is 5.97 Å². The minimum Gasteiger partial charge on any atom is -0.481 e. The third-order valence-corrected chi connectivity index (χ3v) is 3.06. The van der Waals surface area contributed by atoms with Gasteiger partial charge < -0.3 is 15.7 Å². The normalized spacial score (nSPS) is 11.9. The monoisotopic (exact) mass is 264 g/mol. The van der Waals surface area contributed by atoms with Crippen molar-refractivity contribution >= 4 is 17.6 Å². The Kier molecular flexibility index (Phi) is 4.92. The zero-order valence-corrected chi connectivity index (χ0v) is 11.5. The van der Waals surface area contributed by atoms with Crippen molar-refractivity contribution < 1.29 is 14.7 Å². The molecule has 0 heterocycles. The first-order chi connectivity index (χ1) is 8.86. The van der Waals surface area contributed by atoms with Crippen molar-refractivity contribution in [1.29, 1.82) is 0 Å². The minimum absolute atomic E-state index is 0.343. The molecular formula is C14H20N2O3. The van der Waals surface area contributed by atoms with Crippen LogP contribution in [0.15, 0.2) is 18.2 Å². The molecule has 0 bridgehead atoms. The molecule has 19 heavy (non-hydrogen) atoms. The molecule has 0 spiro atoms. The summed E-state index contributed by atoms with van der Waals surface area (Å²) < 4.78 is 0. The summed E-state index contributed by atoms with van der Waals surface area (Å²) in [4.78, 5) is 24.3. The fraction of sp³-hybridized carbons (Fsp3) is 0.429. The molecular weight excluding hydrogens is 244 g/mol. The Balaban J connectivity index is 3.13. The highest BCUT2D eigenvalue weighted by Gasteiger charge is 2.19. The average molecular weight is 264 g/mol. The number of amides is 1. The van der Waals surface area contributed by atoms with Crippen molar-refractivity contribution in [2.45, 2.75) is 20.8 Å². The van der Waals surface area contributed by atoms with Crippen LogP contribution in [-0.4, -0.2) is 30.1 Å². The molecule has 1 rings (SSSR count). The van der Waals surface area contributed by atoms with Gasteiger partial charge in [0.2, 0.25) is 0 Å². The van der Waals surface area contributed by atoms with Crippen LogP contribution in [0.3, 0.4) is 0 Å². The predicted molar refractivity (Wildman–Crippen MR) is 74.4 cm³/mol. The van der Waals surface area contributed by atoms with E-state index in [4.69, 9.17) is 10.8 Å². The van der Waals surface area contributed by atoms with Crippen molar-refractivity contribution in [3.63, 3.8) is 0 Å². The Hall–Kier alpha value is -2.04. The first-order valence-electron chi connectivity index (χ1n) is 6.25. The number of anilines is 1. The summed E-state index contributed by atoms with van der Waals surface area (Å²) in [5.41, 5.74) is 7.49. The molecule has 0 aliphatic carbocycles. The van der Waals surface area contributed by atoms with Gasteiger partial charge in [0.25, 0.3) is 5.91 Å². The highest BCUT2D eigenvalue weighted by Crippen LogP contribution is 2.23. The van der Waals surface area contributed by atoms with E-state index in [1.54, 1.807) is 13.0 Å². The molecule has 0 radical (unpaired) electrons. The third kappa shape index (κ3) is 3.71. The van der Waals surface area contributed by atoms with Crippen molar-refractivity contribution in [2.75, 3.05) is 18.0 Å². The number of primary amides is 1. The van der Waals surface area contributed by atoms with E-state index >= 15 is 0 Å². The Morgan fingerprint density at radius 2 is 2.05 bits per heavy atom. The van der Waals surface area contributed by atoms with Gasteiger partial charge in [0, 0.05) is 18.8 Å². The third-order valence-electron chi connectivity index (χ3n) is 3.06. The van der Waals surface area contributed by atoms with Crippen LogP contribution < -0.4 is 10.6 Å². The molecule has 1 unspecified atom stereocenters. The van der Waals surface area contributed by atoms with Crippen LogP contribution in [0.1, 0.15) is 29.8 Å². The standard InChI is InChI=1S/C14H20N2O3/c1-4-16(8-10(3)14(18)19)12-7-9(2)5-6-11(12)13(15)17/h5-7,10H,4,8H2,1-3H3,(H2,15,17)(H,18,19). The zero-order valence-electron chi connectivity index (χ0n) is 11.5. The number of rotatable bonds is 6. The van der Waals surface area contributed by atoms with E-state index in [1.165, 1.54) is 0 Å². The summed E-state index contributed by atoms with van der Waals surface area (Å²) in [5, 5.41) is 8.99. The summed E-state index contributed by atoms with van der Waals surface area (Å²) in [6, 6.07) is 5.36. The summed E-state index contributed by atoms with van der Waals surface area (Å²) >= 11 is 0. The number of hydrogen-bond donors (Lipinski definition) is 2. The maximum atomic E-state index is 11.5. The average Bonchev–Trinajstić information content (AvgIpc) is 2.34. The molecule has 0 saturated carbocycles. The molecule has 0 aromatic heterocycles. The number of carbonyl (C=O) groups is 2. The fourth-order valence-electron chi connectivity index (χ4n) is 1.92. The first-order valence-corrected chi connectivity index (χ1v) is 6.25. The van der Waals surface area contributed by atoms with Gasteiger partial charge in [-0.15, -0.1) is 0 Å². The lowest BCUT2D eigenvalue weighted by Gasteiger charge is -2.27. The molecule has 5 nitrogen and oxygen atoms in total. The molecule has 1 aromatic rings. The summed E-state index contributed by atoms with van der Waals surface area (Å²) in [7, 11) is 0. The van der Waals surface area contributed by atoms with E-state index in [0.717, 1.165) is 5.56 Å². The van der Waals surface area contributed by atoms with Crippen LogP contribution >= 0.6 is 0 Å². The zero-order chi connectivity index (χ0) is 14.6. The van der Waals surface area contributed by atoms with Crippen LogP contribution in [-0.2, 0) is 4.79 Å². The van der Waals surface area contributed by atoms with Gasteiger partial charge in [0.15, 0.2) is 0 Å². The van der Waals surface area contributed by atoms with E-state index in [-0.39, 0.29) is 0 Å². The fourth-order valence-corrected chi connectivity index (χ4v) is 1.92. The minimum atomic E-state index is -0.855. The van der Waals surface area contributed by atoms with Gasteiger partial charge in [-0.1, -0.05) is 13.0 Å². The van der Waals surface area contributed by atoms with Crippen LogP contribution in [0, 0.1) is 12.8 Å². The van der Waals surface area contributed by atoms with E-state index in [9.17, 15) is 9.59 Å². The van der Waals surface area contributed by atoms with Crippen LogP contribution in [0.25, 0.3) is 0 Å². The summed E-state index contributed by atoms with van der Waals surface area (Å²) in [5.74, 6) is -1.87. The van der Waals surface area contributed by atoms with E-state index in [2.05, 4.69) is 0 Å². The molecule has 1 aromatic carbocycles. The molecule has 0 saturated heterocycles. The Bertz CT molecular complexity index is 486. The Labute approximate surface area is 113 Å². The first kappa shape index (κ1) is 15.0. The van der Waals surface area contributed by atoms with E-state index in [1.807, 2.05) is 30.9 Å². The molecule has 0 fully saturated rings. The Morgan fingerprint density at radius 3 is 2.53 bits per heavy atom. The topological polar surface area (TPSA) is 83.6 Å². The lowest BCUT2D eigenvalue weighted by atomic mass is 10.1. The summed E-state index contributed by atoms with van der Waals surface area (Å²) in [6.45, 7) is 6.44. The second-order valence-corrected chi connectivity index (χ2v) is 4.66. The number of hydrogen-bond acceptors (Lipinski definition) is 3. The number of benzene rings is 1. The largest absolute Gasteiger partial charge is 0.481 e. The van der Waals surface area contributed by atoms with Gasteiger partial charge in [-0.2, -0.15) is 0 Å². The number of carboxylic acids is 1. The van der Waals surface area contributed by atoms with E-state index < -0.39 is 17.8 Å². The number of carboxylic acid groups (broad SMARTS) is 1.